The number of ether oxygens (including phenoxy) is 1. The zero-order chi connectivity index (χ0) is 18.5. The van der Waals surface area contributed by atoms with Gasteiger partial charge in [-0.15, -0.1) is 0 Å². The number of anilines is 1. The number of hydrogen-bond donors (Lipinski definition) is 0. The van der Waals surface area contributed by atoms with Gasteiger partial charge in [0.15, 0.2) is 0 Å². The van der Waals surface area contributed by atoms with Crippen LogP contribution < -0.4 is 4.90 Å². The Kier molecular flexibility index (Phi) is 5.99. The molecule has 0 bridgehead atoms. The highest BCUT2D eigenvalue weighted by molar-refractivity contribution is 5.55. The Hall–Kier alpha value is -1.99. The molecule has 7 nitrogen and oxygen atoms in total. The van der Waals surface area contributed by atoms with E-state index in [4.69, 9.17) is 9.26 Å². The van der Waals surface area contributed by atoms with Crippen LogP contribution in [0.2, 0.25) is 0 Å². The summed E-state index contributed by atoms with van der Waals surface area (Å²) < 4.78 is 11.2. The molecular weight excluding hydrogens is 342 g/mol. The number of rotatable bonds is 6. The number of nitrogens with zero attached hydrogens (tertiary/aromatic N) is 5. The molecule has 1 unspecified atom stereocenters. The first-order valence-corrected chi connectivity index (χ1v) is 10.2. The van der Waals surface area contributed by atoms with Gasteiger partial charge in [-0.2, -0.15) is 4.98 Å². The average molecular weight is 371 g/mol. The van der Waals surface area contributed by atoms with Crippen LogP contribution >= 0.6 is 0 Å². The van der Waals surface area contributed by atoms with Gasteiger partial charge >= 0.3 is 0 Å². The third kappa shape index (κ3) is 4.65. The molecule has 2 saturated heterocycles. The molecule has 4 rings (SSSR count). The summed E-state index contributed by atoms with van der Waals surface area (Å²) in [5, 5.41) is 4.13. The molecule has 146 valence electrons. The molecule has 4 heterocycles. The number of piperazine rings is 1. The summed E-state index contributed by atoms with van der Waals surface area (Å²) in [7, 11) is 0. The van der Waals surface area contributed by atoms with Gasteiger partial charge in [-0.3, -0.25) is 0 Å². The molecule has 1 atom stereocenters. The fraction of sp³-hybridized carbons (Fsp3) is 0.650. The van der Waals surface area contributed by atoms with Crippen LogP contribution in [0.3, 0.4) is 0 Å². The number of hydrogen-bond acceptors (Lipinski definition) is 7. The Morgan fingerprint density at radius 1 is 1.15 bits per heavy atom. The minimum atomic E-state index is 0.336. The van der Waals surface area contributed by atoms with E-state index in [0.29, 0.717) is 17.8 Å². The number of aryl methyl sites for hydroxylation is 1. The van der Waals surface area contributed by atoms with Gasteiger partial charge in [-0.25, -0.2) is 4.98 Å². The van der Waals surface area contributed by atoms with Crippen LogP contribution in [0.15, 0.2) is 22.9 Å². The minimum absolute atomic E-state index is 0.336. The highest BCUT2D eigenvalue weighted by Crippen LogP contribution is 2.21. The zero-order valence-corrected chi connectivity index (χ0v) is 16.1. The fourth-order valence-corrected chi connectivity index (χ4v) is 3.79. The monoisotopic (exact) mass is 371 g/mol. The molecule has 2 fully saturated rings. The maximum atomic E-state index is 5.77. The molecule has 0 spiro atoms. The number of likely N-dealkylation sites (N-methyl/N-ethyl adjacent to an activating group) is 1. The average Bonchev–Trinajstić information content (AvgIpc) is 3.22. The standard InChI is InChI=1S/C20H29N5O2/c1-2-24-10-12-25(13-11-24)18-8-6-16(15-21-18)20-22-19(27-23-20)9-7-17-5-3-4-14-26-17/h6,8,15,17H,2-5,7,9-14H2,1H3. The first-order valence-electron chi connectivity index (χ1n) is 10.2. The molecular formula is C20H29N5O2. The van der Waals surface area contributed by atoms with Crippen molar-refractivity contribution in [2.45, 2.75) is 45.1 Å². The normalized spacial score (nSPS) is 21.5. The third-order valence-electron chi connectivity index (χ3n) is 5.57. The molecule has 0 amide bonds. The lowest BCUT2D eigenvalue weighted by Gasteiger charge is -2.34. The van der Waals surface area contributed by atoms with Crippen LogP contribution in [0.4, 0.5) is 5.82 Å². The Labute approximate surface area is 160 Å². The van der Waals surface area contributed by atoms with E-state index in [1.165, 1.54) is 12.8 Å². The maximum Gasteiger partial charge on any atom is 0.227 e. The second-order valence-corrected chi connectivity index (χ2v) is 7.37. The highest BCUT2D eigenvalue weighted by atomic mass is 16.5. The van der Waals surface area contributed by atoms with Gasteiger partial charge in [-0.1, -0.05) is 12.1 Å². The van der Waals surface area contributed by atoms with Crippen molar-refractivity contribution in [3.05, 3.63) is 24.2 Å². The van der Waals surface area contributed by atoms with E-state index in [1.54, 1.807) is 0 Å². The summed E-state index contributed by atoms with van der Waals surface area (Å²) in [5.74, 6) is 2.32. The first-order chi connectivity index (χ1) is 13.3. The predicted molar refractivity (Wildman–Crippen MR) is 104 cm³/mol. The van der Waals surface area contributed by atoms with Gasteiger partial charge in [0.05, 0.1) is 6.10 Å². The largest absolute Gasteiger partial charge is 0.378 e. The lowest BCUT2D eigenvalue weighted by molar-refractivity contribution is 0.0104. The summed E-state index contributed by atoms with van der Waals surface area (Å²) >= 11 is 0. The van der Waals surface area contributed by atoms with Crippen LogP contribution in [0.5, 0.6) is 0 Å². The van der Waals surface area contributed by atoms with Crippen LogP contribution in [0, 0.1) is 0 Å². The van der Waals surface area contributed by atoms with Crippen molar-refractivity contribution in [1.82, 2.24) is 20.0 Å². The molecule has 0 aromatic carbocycles. The van der Waals surface area contributed by atoms with Crippen molar-refractivity contribution >= 4 is 5.82 Å². The van der Waals surface area contributed by atoms with Crippen molar-refractivity contribution in [3.8, 4) is 11.4 Å². The van der Waals surface area contributed by atoms with Crippen LogP contribution in [-0.4, -0.2) is 65.5 Å². The topological polar surface area (TPSA) is 67.5 Å². The van der Waals surface area contributed by atoms with Crippen LogP contribution in [0.1, 0.15) is 38.5 Å². The van der Waals surface area contributed by atoms with Gasteiger partial charge < -0.3 is 19.1 Å². The maximum absolute atomic E-state index is 5.77. The fourth-order valence-electron chi connectivity index (χ4n) is 3.79. The van der Waals surface area contributed by atoms with Gasteiger partial charge in [0.1, 0.15) is 5.82 Å². The first kappa shape index (κ1) is 18.4. The second kappa shape index (κ2) is 8.80. The Balaban J connectivity index is 1.33. The quantitative estimate of drug-likeness (QED) is 0.773. The molecule has 27 heavy (non-hydrogen) atoms. The van der Waals surface area contributed by atoms with Gasteiger partial charge in [0.2, 0.25) is 11.7 Å². The molecule has 2 aromatic heterocycles. The lowest BCUT2D eigenvalue weighted by atomic mass is 10.0. The molecule has 0 radical (unpaired) electrons. The van der Waals surface area contributed by atoms with E-state index < -0.39 is 0 Å². The number of pyridine rings is 1. The summed E-state index contributed by atoms with van der Waals surface area (Å²) in [6.07, 6.45) is 7.47. The molecule has 2 aliphatic heterocycles. The molecule has 0 saturated carbocycles. The molecule has 0 N–H and O–H groups in total. The SMILES string of the molecule is CCN1CCN(c2ccc(-c3noc(CCC4CCCCO4)n3)cn2)CC1. The van der Waals surface area contributed by atoms with E-state index in [2.05, 4.69) is 37.9 Å². The predicted octanol–water partition coefficient (Wildman–Crippen LogP) is 2.78. The van der Waals surface area contributed by atoms with E-state index in [1.807, 2.05) is 12.3 Å². The van der Waals surface area contributed by atoms with E-state index in [9.17, 15) is 0 Å². The van der Waals surface area contributed by atoms with Crippen LogP contribution in [0.25, 0.3) is 11.4 Å². The lowest BCUT2D eigenvalue weighted by Crippen LogP contribution is -2.46. The molecule has 0 aliphatic carbocycles. The summed E-state index contributed by atoms with van der Waals surface area (Å²) in [4.78, 5) is 14.0. The van der Waals surface area contributed by atoms with Crippen LogP contribution in [-0.2, 0) is 11.2 Å². The van der Waals surface area contributed by atoms with E-state index >= 15 is 0 Å². The molecule has 2 aliphatic rings. The molecule has 7 heteroatoms. The number of aromatic nitrogens is 3. The smallest absolute Gasteiger partial charge is 0.227 e. The van der Waals surface area contributed by atoms with Crippen molar-refractivity contribution in [2.24, 2.45) is 0 Å². The minimum Gasteiger partial charge on any atom is -0.378 e. The summed E-state index contributed by atoms with van der Waals surface area (Å²) in [6, 6.07) is 4.09. The Morgan fingerprint density at radius 2 is 2.04 bits per heavy atom. The third-order valence-corrected chi connectivity index (χ3v) is 5.57. The van der Waals surface area contributed by atoms with Gasteiger partial charge in [0, 0.05) is 51.0 Å². The zero-order valence-electron chi connectivity index (χ0n) is 16.1. The van der Waals surface area contributed by atoms with Crippen molar-refractivity contribution in [2.75, 3.05) is 44.2 Å². The van der Waals surface area contributed by atoms with Crippen molar-refractivity contribution in [1.29, 1.82) is 0 Å². The summed E-state index contributed by atoms with van der Waals surface area (Å²) in [6.45, 7) is 8.45. The van der Waals surface area contributed by atoms with Gasteiger partial charge in [-0.05, 0) is 44.4 Å². The van der Waals surface area contributed by atoms with Gasteiger partial charge in [0.25, 0.3) is 0 Å². The Morgan fingerprint density at radius 3 is 2.74 bits per heavy atom. The van der Waals surface area contributed by atoms with E-state index in [-0.39, 0.29) is 0 Å². The second-order valence-electron chi connectivity index (χ2n) is 7.37. The van der Waals surface area contributed by atoms with E-state index in [0.717, 1.165) is 70.0 Å². The van der Waals surface area contributed by atoms with Crippen molar-refractivity contribution < 1.29 is 9.26 Å². The Bertz CT molecular complexity index is 703. The summed E-state index contributed by atoms with van der Waals surface area (Å²) in [5.41, 5.74) is 0.898. The molecule has 2 aromatic rings. The van der Waals surface area contributed by atoms with Crippen molar-refractivity contribution in [3.63, 3.8) is 0 Å². The highest BCUT2D eigenvalue weighted by Gasteiger charge is 2.18.